The van der Waals surface area contributed by atoms with Gasteiger partial charge in [0.05, 0.1) is 17.2 Å². The molecule has 0 saturated carbocycles. The lowest BCUT2D eigenvalue weighted by molar-refractivity contribution is 0.0576. The van der Waals surface area contributed by atoms with E-state index in [1.165, 1.54) is 0 Å². The normalized spacial score (nSPS) is 13.6. The lowest BCUT2D eigenvalue weighted by atomic mass is 9.88. The molecule has 0 amide bonds. The van der Waals surface area contributed by atoms with Gasteiger partial charge in [0, 0.05) is 16.5 Å². The van der Waals surface area contributed by atoms with Gasteiger partial charge in [0.1, 0.15) is 0 Å². The van der Waals surface area contributed by atoms with Gasteiger partial charge in [-0.15, -0.1) is 0 Å². The number of rotatable bonds is 3. The van der Waals surface area contributed by atoms with Crippen LogP contribution < -0.4 is 0 Å². The summed E-state index contributed by atoms with van der Waals surface area (Å²) in [7, 11) is 0. The van der Waals surface area contributed by atoms with Gasteiger partial charge in [-0.05, 0) is 42.3 Å². The quantitative estimate of drug-likeness (QED) is 0.918. The molecule has 1 atom stereocenters. The zero-order chi connectivity index (χ0) is 14.8. The molecule has 4 heteroatoms. The molecule has 102 valence electrons. The Bertz CT molecular complexity index is 654. The van der Waals surface area contributed by atoms with Crippen LogP contribution in [0.3, 0.4) is 0 Å². The average Bonchev–Trinajstić information content (AvgIpc) is 2.43. The summed E-state index contributed by atoms with van der Waals surface area (Å²) in [5, 5.41) is 20.7. The van der Waals surface area contributed by atoms with E-state index in [-0.39, 0.29) is 6.42 Å². The van der Waals surface area contributed by atoms with Gasteiger partial charge >= 0.3 is 0 Å². The Morgan fingerprint density at radius 1 is 1.15 bits per heavy atom. The summed E-state index contributed by atoms with van der Waals surface area (Å²) in [6, 6.07) is 14.2. The van der Waals surface area contributed by atoms with Gasteiger partial charge in [0.15, 0.2) is 0 Å². The van der Waals surface area contributed by atoms with Crippen LogP contribution >= 0.6 is 23.2 Å². The second-order valence-corrected chi connectivity index (χ2v) is 5.66. The van der Waals surface area contributed by atoms with Crippen molar-refractivity contribution in [1.82, 2.24) is 0 Å². The highest BCUT2D eigenvalue weighted by Crippen LogP contribution is 2.32. The number of nitriles is 1. The monoisotopic (exact) mass is 305 g/mol. The molecule has 2 rings (SSSR count). The molecule has 2 aromatic carbocycles. The Labute approximate surface area is 128 Å². The van der Waals surface area contributed by atoms with Crippen molar-refractivity contribution in [3.63, 3.8) is 0 Å². The summed E-state index contributed by atoms with van der Waals surface area (Å²) >= 11 is 12.3. The predicted octanol–water partition coefficient (Wildman–Crippen LogP) is 4.32. The minimum Gasteiger partial charge on any atom is -0.385 e. The number of nitrogens with zero attached hydrogens (tertiary/aromatic N) is 1. The summed E-state index contributed by atoms with van der Waals surface area (Å²) in [5.74, 6) is 0. The highest BCUT2D eigenvalue weighted by Gasteiger charge is 2.26. The Hall–Kier alpha value is -1.53. The SMILES string of the molecule is CC(O)(Cc1c(Cl)cccc1Cl)c1cccc(C#N)c1. The van der Waals surface area contributed by atoms with Crippen LogP contribution in [0.15, 0.2) is 42.5 Å². The molecule has 0 aromatic heterocycles. The van der Waals surface area contributed by atoms with Crippen LogP contribution in [-0.2, 0) is 12.0 Å². The van der Waals surface area contributed by atoms with Crippen LogP contribution in [-0.4, -0.2) is 5.11 Å². The van der Waals surface area contributed by atoms with Crippen molar-refractivity contribution in [2.45, 2.75) is 18.9 Å². The van der Waals surface area contributed by atoms with Crippen molar-refractivity contribution in [3.8, 4) is 6.07 Å². The molecule has 0 aliphatic rings. The van der Waals surface area contributed by atoms with Crippen molar-refractivity contribution < 1.29 is 5.11 Å². The highest BCUT2D eigenvalue weighted by atomic mass is 35.5. The molecule has 0 spiro atoms. The van der Waals surface area contributed by atoms with Gasteiger partial charge in [-0.3, -0.25) is 0 Å². The molecule has 0 saturated heterocycles. The van der Waals surface area contributed by atoms with E-state index in [0.717, 1.165) is 0 Å². The van der Waals surface area contributed by atoms with Crippen LogP contribution in [0.1, 0.15) is 23.6 Å². The third-order valence-electron chi connectivity index (χ3n) is 3.20. The van der Waals surface area contributed by atoms with Crippen LogP contribution in [0.2, 0.25) is 10.0 Å². The molecule has 2 nitrogen and oxygen atoms in total. The Balaban J connectivity index is 2.38. The predicted molar refractivity (Wildman–Crippen MR) is 80.9 cm³/mol. The van der Waals surface area contributed by atoms with Gasteiger partial charge in [0.2, 0.25) is 0 Å². The van der Waals surface area contributed by atoms with Gasteiger partial charge in [0.25, 0.3) is 0 Å². The van der Waals surface area contributed by atoms with E-state index < -0.39 is 5.60 Å². The highest BCUT2D eigenvalue weighted by molar-refractivity contribution is 6.36. The van der Waals surface area contributed by atoms with Crippen molar-refractivity contribution in [2.75, 3.05) is 0 Å². The third-order valence-corrected chi connectivity index (χ3v) is 3.90. The number of hydrogen-bond acceptors (Lipinski definition) is 2. The van der Waals surface area contributed by atoms with Gasteiger partial charge < -0.3 is 5.11 Å². The zero-order valence-electron chi connectivity index (χ0n) is 10.9. The largest absolute Gasteiger partial charge is 0.385 e. The van der Waals surface area contributed by atoms with E-state index in [9.17, 15) is 5.11 Å². The summed E-state index contributed by atoms with van der Waals surface area (Å²) in [6.07, 6.45) is 0.278. The number of aliphatic hydroxyl groups is 1. The van der Waals surface area contributed by atoms with E-state index in [1.54, 1.807) is 49.4 Å². The Morgan fingerprint density at radius 2 is 1.75 bits per heavy atom. The van der Waals surface area contributed by atoms with E-state index in [2.05, 4.69) is 6.07 Å². The lowest BCUT2D eigenvalue weighted by Crippen LogP contribution is -2.24. The molecule has 20 heavy (non-hydrogen) atoms. The van der Waals surface area contributed by atoms with Crippen molar-refractivity contribution in [3.05, 3.63) is 69.2 Å². The second-order valence-electron chi connectivity index (χ2n) is 4.84. The molecule has 0 bridgehead atoms. The van der Waals surface area contributed by atoms with Gasteiger partial charge in [-0.2, -0.15) is 5.26 Å². The molecular weight excluding hydrogens is 293 g/mol. The molecule has 0 heterocycles. The minimum atomic E-state index is -1.15. The number of hydrogen-bond donors (Lipinski definition) is 1. The molecule has 1 unspecified atom stereocenters. The first kappa shape index (κ1) is 14.9. The average molecular weight is 306 g/mol. The fourth-order valence-electron chi connectivity index (χ4n) is 2.07. The summed E-state index contributed by atoms with van der Waals surface area (Å²) in [5.41, 5.74) is 0.713. The first-order valence-electron chi connectivity index (χ1n) is 6.10. The first-order valence-corrected chi connectivity index (χ1v) is 6.85. The maximum Gasteiger partial charge on any atom is 0.0991 e. The van der Waals surface area contributed by atoms with E-state index in [4.69, 9.17) is 28.5 Å². The smallest absolute Gasteiger partial charge is 0.0991 e. The molecular formula is C16H13Cl2NO. The number of benzene rings is 2. The summed E-state index contributed by atoms with van der Waals surface area (Å²) in [4.78, 5) is 0. The number of halogens is 2. The van der Waals surface area contributed by atoms with E-state index in [1.807, 2.05) is 0 Å². The van der Waals surface area contributed by atoms with Gasteiger partial charge in [-0.25, -0.2) is 0 Å². The van der Waals surface area contributed by atoms with Crippen molar-refractivity contribution in [2.24, 2.45) is 0 Å². The topological polar surface area (TPSA) is 44.0 Å². The lowest BCUT2D eigenvalue weighted by Gasteiger charge is -2.25. The molecule has 1 N–H and O–H groups in total. The van der Waals surface area contributed by atoms with Crippen LogP contribution in [0.5, 0.6) is 0 Å². The summed E-state index contributed by atoms with van der Waals surface area (Å²) < 4.78 is 0. The Kier molecular flexibility index (Phi) is 4.35. The fraction of sp³-hybridized carbons (Fsp3) is 0.188. The van der Waals surface area contributed by atoms with Crippen LogP contribution in [0.25, 0.3) is 0 Å². The van der Waals surface area contributed by atoms with E-state index in [0.29, 0.717) is 26.7 Å². The van der Waals surface area contributed by atoms with Gasteiger partial charge in [-0.1, -0.05) is 41.4 Å². The standard InChI is InChI=1S/C16H13Cl2NO/c1-16(20,12-5-2-4-11(8-12)10-19)9-13-14(17)6-3-7-15(13)18/h2-8,20H,9H2,1H3. The van der Waals surface area contributed by atoms with Crippen molar-refractivity contribution in [1.29, 1.82) is 5.26 Å². The van der Waals surface area contributed by atoms with Crippen molar-refractivity contribution >= 4 is 23.2 Å². The molecule has 0 radical (unpaired) electrons. The van der Waals surface area contributed by atoms with Crippen LogP contribution in [0, 0.1) is 11.3 Å². The zero-order valence-corrected chi connectivity index (χ0v) is 12.4. The molecule has 0 aliphatic carbocycles. The molecule has 0 aliphatic heterocycles. The molecule has 2 aromatic rings. The molecule has 0 fully saturated rings. The maximum atomic E-state index is 10.7. The first-order chi connectivity index (χ1) is 9.44. The Morgan fingerprint density at radius 3 is 2.35 bits per heavy atom. The minimum absolute atomic E-state index is 0.278. The van der Waals surface area contributed by atoms with E-state index >= 15 is 0 Å². The third kappa shape index (κ3) is 3.13. The maximum absolute atomic E-state index is 10.7. The second kappa shape index (κ2) is 5.85. The summed E-state index contributed by atoms with van der Waals surface area (Å²) in [6.45, 7) is 1.68. The van der Waals surface area contributed by atoms with Crippen LogP contribution in [0.4, 0.5) is 0 Å². The fourth-order valence-corrected chi connectivity index (χ4v) is 2.60.